The van der Waals surface area contributed by atoms with Crippen molar-refractivity contribution in [2.24, 2.45) is 5.73 Å². The molecule has 0 radical (unpaired) electrons. The maximum absolute atomic E-state index is 5.35. The van der Waals surface area contributed by atoms with Crippen LogP contribution >= 0.6 is 12.6 Å². The molecule has 1 heterocycles. The monoisotopic (exact) mass is 121 g/mol. The second-order valence-corrected chi connectivity index (χ2v) is 1.77. The third-order valence-corrected chi connectivity index (χ3v) is 1.19. The van der Waals surface area contributed by atoms with Gasteiger partial charge in [-0.05, 0) is 0 Å². The minimum atomic E-state index is -0.183. The van der Waals surface area contributed by atoms with E-state index in [-0.39, 0.29) is 12.3 Å². The molecule has 4 heteroatoms. The van der Waals surface area contributed by atoms with Gasteiger partial charge < -0.3 is 5.73 Å². The second-order valence-electron chi connectivity index (χ2n) is 1.41. The van der Waals surface area contributed by atoms with E-state index in [1.165, 1.54) is 0 Å². The molecule has 2 N–H and O–H groups in total. The van der Waals surface area contributed by atoms with Crippen molar-refractivity contribution in [1.82, 2.24) is 0 Å². The Morgan fingerprint density at radius 3 is 2.43 bits per heavy atom. The fourth-order valence-electron chi connectivity index (χ4n) is 0.261. The van der Waals surface area contributed by atoms with Crippen molar-refractivity contribution < 1.29 is 9.78 Å². The normalized spacial score (nSPS) is 24.9. The predicted octanol–water partition coefficient (Wildman–Crippen LogP) is -0.469. The summed E-state index contributed by atoms with van der Waals surface area (Å²) in [6.07, 6.45) is -0.183. The first kappa shape index (κ1) is 5.37. The Hall–Kier alpha value is 0.230. The smallest absolute Gasteiger partial charge is 0.240 e. The maximum atomic E-state index is 5.35. The van der Waals surface area contributed by atoms with E-state index in [0.717, 1.165) is 0 Å². The average molecular weight is 121 g/mol. The van der Waals surface area contributed by atoms with Gasteiger partial charge in [0.1, 0.15) is 0 Å². The van der Waals surface area contributed by atoms with E-state index >= 15 is 0 Å². The van der Waals surface area contributed by atoms with Crippen molar-refractivity contribution in [2.45, 2.75) is 12.3 Å². The number of hydrogen-bond donors (Lipinski definition) is 2. The molecular weight excluding hydrogens is 114 g/mol. The van der Waals surface area contributed by atoms with Crippen molar-refractivity contribution in [2.75, 3.05) is 5.75 Å². The predicted molar refractivity (Wildman–Crippen MR) is 27.8 cm³/mol. The Kier molecular flexibility index (Phi) is 1.53. The van der Waals surface area contributed by atoms with Gasteiger partial charge in [0.15, 0.2) is 0 Å². The van der Waals surface area contributed by atoms with Crippen molar-refractivity contribution in [3.63, 3.8) is 0 Å². The molecule has 7 heavy (non-hydrogen) atoms. The quantitative estimate of drug-likeness (QED) is 0.295. The summed E-state index contributed by atoms with van der Waals surface area (Å²) in [4.78, 5) is 8.77. The molecular formula is C3H7NO2S. The number of nitrogens with two attached hydrogens (primary N) is 1. The van der Waals surface area contributed by atoms with Gasteiger partial charge in [0.25, 0.3) is 0 Å². The summed E-state index contributed by atoms with van der Waals surface area (Å²) in [5, 5.41) is 0. The zero-order valence-electron chi connectivity index (χ0n) is 3.70. The van der Waals surface area contributed by atoms with Crippen molar-refractivity contribution in [3.05, 3.63) is 0 Å². The largest absolute Gasteiger partial charge is 0.323 e. The van der Waals surface area contributed by atoms with Crippen LogP contribution in [0.5, 0.6) is 0 Å². The molecule has 1 aliphatic rings. The van der Waals surface area contributed by atoms with Crippen molar-refractivity contribution >= 4 is 12.6 Å². The minimum absolute atomic E-state index is 0.0664. The van der Waals surface area contributed by atoms with Gasteiger partial charge in [-0.3, -0.25) is 0 Å². The van der Waals surface area contributed by atoms with Gasteiger partial charge in [0.2, 0.25) is 6.29 Å². The van der Waals surface area contributed by atoms with Crippen LogP contribution in [-0.2, 0) is 9.78 Å². The highest BCUT2D eigenvalue weighted by Crippen LogP contribution is 2.15. The van der Waals surface area contributed by atoms with Crippen LogP contribution in [0.1, 0.15) is 0 Å². The molecule has 0 aromatic carbocycles. The zero-order chi connectivity index (χ0) is 5.28. The van der Waals surface area contributed by atoms with Crippen molar-refractivity contribution in [3.8, 4) is 0 Å². The number of rotatable bonds is 2. The molecule has 0 aliphatic carbocycles. The molecule has 0 saturated carbocycles. The lowest BCUT2D eigenvalue weighted by atomic mass is 10.4. The third kappa shape index (κ3) is 1.31. The first-order valence-electron chi connectivity index (χ1n) is 2.03. The summed E-state index contributed by atoms with van der Waals surface area (Å²) in [7, 11) is 0. The van der Waals surface area contributed by atoms with Crippen molar-refractivity contribution in [1.29, 1.82) is 0 Å². The first-order chi connectivity index (χ1) is 3.34. The molecule has 1 rings (SSSR count). The molecule has 42 valence electrons. The van der Waals surface area contributed by atoms with Crippen LogP contribution in [0.2, 0.25) is 0 Å². The molecule has 0 bridgehead atoms. The first-order valence-corrected chi connectivity index (χ1v) is 2.66. The molecule has 0 aromatic rings. The second kappa shape index (κ2) is 2.00. The molecule has 0 spiro atoms. The Morgan fingerprint density at radius 2 is 2.29 bits per heavy atom. The summed E-state index contributed by atoms with van der Waals surface area (Å²) >= 11 is 3.91. The Bertz CT molecular complexity index is 66.0. The van der Waals surface area contributed by atoms with E-state index in [4.69, 9.17) is 5.73 Å². The highest BCUT2D eigenvalue weighted by molar-refractivity contribution is 7.80. The van der Waals surface area contributed by atoms with Gasteiger partial charge in [0.05, 0.1) is 6.04 Å². The summed E-state index contributed by atoms with van der Waals surface area (Å²) in [6, 6.07) is -0.0664. The summed E-state index contributed by atoms with van der Waals surface area (Å²) in [5.41, 5.74) is 5.35. The molecule has 0 aromatic heterocycles. The molecule has 0 unspecified atom stereocenters. The minimum Gasteiger partial charge on any atom is -0.323 e. The fraction of sp³-hybridized carbons (Fsp3) is 1.00. The van der Waals surface area contributed by atoms with E-state index in [1.54, 1.807) is 0 Å². The molecule has 1 atom stereocenters. The van der Waals surface area contributed by atoms with Crippen LogP contribution in [-0.4, -0.2) is 18.1 Å². The third-order valence-electron chi connectivity index (χ3n) is 0.768. The fourth-order valence-corrected chi connectivity index (χ4v) is 0.433. The van der Waals surface area contributed by atoms with Crippen LogP contribution in [0.25, 0.3) is 0 Å². The Labute approximate surface area is 47.1 Å². The highest BCUT2D eigenvalue weighted by Gasteiger charge is 2.32. The molecule has 1 saturated heterocycles. The number of hydrogen-bond acceptors (Lipinski definition) is 4. The Balaban J connectivity index is 2.10. The topological polar surface area (TPSA) is 51.1 Å². The van der Waals surface area contributed by atoms with E-state index in [0.29, 0.717) is 5.75 Å². The maximum Gasteiger partial charge on any atom is 0.240 e. The van der Waals surface area contributed by atoms with Gasteiger partial charge in [-0.15, -0.1) is 0 Å². The molecule has 1 fully saturated rings. The Morgan fingerprint density at radius 1 is 1.71 bits per heavy atom. The number of thiol groups is 1. The highest BCUT2D eigenvalue weighted by atomic mass is 32.1. The van der Waals surface area contributed by atoms with Gasteiger partial charge in [0, 0.05) is 5.75 Å². The van der Waals surface area contributed by atoms with Crippen LogP contribution < -0.4 is 5.73 Å². The van der Waals surface area contributed by atoms with Gasteiger partial charge in [-0.1, -0.05) is 0 Å². The van der Waals surface area contributed by atoms with E-state index in [1.807, 2.05) is 0 Å². The molecule has 1 aliphatic heterocycles. The lowest BCUT2D eigenvalue weighted by Gasteiger charge is -1.95. The summed E-state index contributed by atoms with van der Waals surface area (Å²) < 4.78 is 0. The van der Waals surface area contributed by atoms with E-state index < -0.39 is 0 Å². The molecule has 0 amide bonds. The lowest BCUT2D eigenvalue weighted by molar-refractivity contribution is 0.0850. The molecule has 3 nitrogen and oxygen atoms in total. The summed E-state index contributed by atoms with van der Waals surface area (Å²) in [6.45, 7) is 0. The van der Waals surface area contributed by atoms with Crippen LogP contribution in [0.4, 0.5) is 0 Å². The van der Waals surface area contributed by atoms with Gasteiger partial charge in [-0.25, -0.2) is 0 Å². The lowest BCUT2D eigenvalue weighted by Crippen LogP contribution is -2.27. The SMILES string of the molecule is N[C@@H](CS)C1OO1. The van der Waals surface area contributed by atoms with Crippen LogP contribution in [0, 0.1) is 0 Å². The van der Waals surface area contributed by atoms with Gasteiger partial charge >= 0.3 is 0 Å². The van der Waals surface area contributed by atoms with E-state index in [9.17, 15) is 0 Å². The van der Waals surface area contributed by atoms with Crippen LogP contribution in [0.15, 0.2) is 0 Å². The van der Waals surface area contributed by atoms with E-state index in [2.05, 4.69) is 22.4 Å². The standard InChI is InChI=1S/C3H7NO2S/c4-2(1-7)3-5-6-3/h2-3,7H,1,4H2/t2-/m0/s1. The van der Waals surface area contributed by atoms with Crippen LogP contribution in [0.3, 0.4) is 0 Å². The van der Waals surface area contributed by atoms with Gasteiger partial charge in [-0.2, -0.15) is 22.4 Å². The zero-order valence-corrected chi connectivity index (χ0v) is 4.60. The summed E-state index contributed by atoms with van der Waals surface area (Å²) in [5.74, 6) is 0.602. The average Bonchev–Trinajstić information content (AvgIpc) is 2.44.